The molecule has 0 aromatic heterocycles. The first kappa shape index (κ1) is 23.6. The summed E-state index contributed by atoms with van der Waals surface area (Å²) in [6.45, 7) is 1.93. The van der Waals surface area contributed by atoms with E-state index >= 15 is 0 Å². The Bertz CT molecular complexity index is 1320. The number of anilines is 2. The van der Waals surface area contributed by atoms with Crippen LogP contribution in [0.3, 0.4) is 0 Å². The van der Waals surface area contributed by atoms with E-state index in [9.17, 15) is 19.2 Å². The van der Waals surface area contributed by atoms with E-state index in [-0.39, 0.29) is 16.5 Å². The number of nitrogens with one attached hydrogen (secondary N) is 1. The Morgan fingerprint density at radius 2 is 1.85 bits per heavy atom. The molecule has 8 heteroatoms. The van der Waals surface area contributed by atoms with Crippen molar-refractivity contribution in [2.24, 2.45) is 0 Å². The molecule has 1 N–H and O–H groups in total. The molecule has 3 aromatic rings. The first-order valence-corrected chi connectivity index (χ1v) is 11.6. The Balaban J connectivity index is 1.72. The molecule has 0 unspecified atom stereocenters. The number of thioether (sulfide) groups is 1. The second-order valence-corrected chi connectivity index (χ2v) is 9.33. The van der Waals surface area contributed by atoms with Crippen LogP contribution in [0.5, 0.6) is 0 Å². The van der Waals surface area contributed by atoms with E-state index in [1.807, 2.05) is 31.2 Å². The van der Waals surface area contributed by atoms with E-state index in [1.165, 1.54) is 29.2 Å². The number of benzene rings is 3. The molecule has 0 bridgehead atoms. The highest BCUT2D eigenvalue weighted by Crippen LogP contribution is 2.42. The number of carbonyl (C=O) groups excluding carboxylic acids is 2. The number of carbonyl (C=O) groups is 2. The van der Waals surface area contributed by atoms with Crippen molar-refractivity contribution in [1.29, 1.82) is 5.26 Å². The number of halogens is 2. The fraction of sp³-hybridized carbons (Fsp3) is 0.115. The van der Waals surface area contributed by atoms with Gasteiger partial charge < -0.3 is 5.32 Å². The third-order valence-corrected chi connectivity index (χ3v) is 6.71. The van der Waals surface area contributed by atoms with Crippen LogP contribution in [0.25, 0.3) is 0 Å². The Morgan fingerprint density at radius 1 is 1.15 bits per heavy atom. The molecule has 1 fully saturated rings. The van der Waals surface area contributed by atoms with Crippen molar-refractivity contribution in [1.82, 2.24) is 0 Å². The topological polar surface area (TPSA) is 73.2 Å². The van der Waals surface area contributed by atoms with Crippen molar-refractivity contribution >= 4 is 46.6 Å². The molecule has 2 amide bonds. The molecule has 3 aromatic carbocycles. The summed E-state index contributed by atoms with van der Waals surface area (Å²) in [5, 5.41) is 12.8. The van der Waals surface area contributed by atoms with Gasteiger partial charge in [0.05, 0.1) is 5.25 Å². The number of aryl methyl sites for hydroxylation is 1. The number of nitrogens with zero attached hydrogens (tertiary/aromatic N) is 2. The predicted octanol–water partition coefficient (Wildman–Crippen LogP) is 5.85. The number of amides is 2. The van der Waals surface area contributed by atoms with Gasteiger partial charge in [-0.05, 0) is 67.4 Å². The molecule has 4 rings (SSSR count). The Hall–Kier alpha value is -3.60. The lowest BCUT2D eigenvalue weighted by Crippen LogP contribution is -2.30. The van der Waals surface area contributed by atoms with Gasteiger partial charge in [-0.1, -0.05) is 53.2 Å². The predicted molar refractivity (Wildman–Crippen MR) is 133 cm³/mol. The third kappa shape index (κ3) is 5.14. The lowest BCUT2D eigenvalue weighted by molar-refractivity contribution is -0.117. The van der Waals surface area contributed by atoms with Gasteiger partial charge in [-0.2, -0.15) is 5.26 Å². The van der Waals surface area contributed by atoms with Crippen LogP contribution >= 0.6 is 23.4 Å². The highest BCUT2D eigenvalue weighted by molar-refractivity contribution is 8.05. The molecule has 0 aliphatic carbocycles. The minimum atomic E-state index is -0.628. The van der Waals surface area contributed by atoms with E-state index in [0.717, 1.165) is 22.9 Å². The van der Waals surface area contributed by atoms with Crippen LogP contribution in [0.4, 0.5) is 15.8 Å². The molecular formula is C26H19ClFN3O2S. The van der Waals surface area contributed by atoms with Crippen molar-refractivity contribution in [2.45, 2.75) is 18.6 Å². The first-order valence-electron chi connectivity index (χ1n) is 10.4. The molecule has 0 spiro atoms. The van der Waals surface area contributed by atoms with Gasteiger partial charge in [0.1, 0.15) is 22.5 Å². The van der Waals surface area contributed by atoms with Gasteiger partial charge in [0.25, 0.3) is 5.91 Å². The number of hydrogen-bond donors (Lipinski definition) is 1. The quantitative estimate of drug-likeness (QED) is 0.359. The smallest absolute Gasteiger partial charge is 0.269 e. The highest BCUT2D eigenvalue weighted by atomic mass is 35.5. The average molecular weight is 492 g/mol. The van der Waals surface area contributed by atoms with Crippen molar-refractivity contribution < 1.29 is 14.0 Å². The maximum absolute atomic E-state index is 13.5. The summed E-state index contributed by atoms with van der Waals surface area (Å²) in [5.41, 5.74) is 2.58. The van der Waals surface area contributed by atoms with Gasteiger partial charge in [0.15, 0.2) is 0 Å². The second-order valence-electron chi connectivity index (χ2n) is 7.70. The highest BCUT2D eigenvalue weighted by Gasteiger charge is 2.40. The van der Waals surface area contributed by atoms with Crippen LogP contribution < -0.4 is 10.2 Å². The SMILES string of the molecule is Cc1ccc(NC(=O)/C(C#N)=C2\S[C@H](Cc3cccc(Cl)c3)C(=O)N2c2ccc(F)cc2)cc1. The Kier molecular flexibility index (Phi) is 7.01. The molecule has 1 aliphatic heterocycles. The number of hydrogen-bond acceptors (Lipinski definition) is 4. The van der Waals surface area contributed by atoms with E-state index in [1.54, 1.807) is 30.3 Å². The summed E-state index contributed by atoms with van der Waals surface area (Å²) in [4.78, 5) is 27.8. The molecule has 34 heavy (non-hydrogen) atoms. The van der Waals surface area contributed by atoms with Gasteiger partial charge in [0, 0.05) is 16.4 Å². The minimum absolute atomic E-state index is 0.197. The van der Waals surface area contributed by atoms with Gasteiger partial charge in [0.2, 0.25) is 5.91 Å². The zero-order chi connectivity index (χ0) is 24.2. The minimum Gasteiger partial charge on any atom is -0.321 e. The van der Waals surface area contributed by atoms with E-state index in [4.69, 9.17) is 11.6 Å². The molecule has 1 saturated heterocycles. The van der Waals surface area contributed by atoms with E-state index in [2.05, 4.69) is 5.32 Å². The van der Waals surface area contributed by atoms with Crippen LogP contribution in [0.1, 0.15) is 11.1 Å². The maximum atomic E-state index is 13.5. The van der Waals surface area contributed by atoms with Gasteiger partial charge in [-0.25, -0.2) is 4.39 Å². The standard InChI is InChI=1S/C26H19ClFN3O2S/c1-16-5-9-20(10-6-16)30-24(32)22(15-29)26-31(21-11-7-19(28)8-12-21)25(33)23(34-26)14-17-3-2-4-18(27)13-17/h2-13,23H,14H2,1H3,(H,30,32)/b26-22-/t23-/m1/s1. The van der Waals surface area contributed by atoms with Crippen molar-refractivity contribution in [2.75, 3.05) is 10.2 Å². The van der Waals surface area contributed by atoms with Gasteiger partial charge in [-0.15, -0.1) is 0 Å². The zero-order valence-corrected chi connectivity index (χ0v) is 19.7. The lowest BCUT2D eigenvalue weighted by atomic mass is 10.1. The number of rotatable bonds is 5. The average Bonchev–Trinajstić information content (AvgIpc) is 3.12. The lowest BCUT2D eigenvalue weighted by Gasteiger charge is -2.18. The first-order chi connectivity index (χ1) is 16.4. The van der Waals surface area contributed by atoms with Crippen LogP contribution in [0, 0.1) is 24.1 Å². The molecular weight excluding hydrogens is 473 g/mol. The second kappa shape index (κ2) is 10.1. The van der Waals surface area contributed by atoms with Crippen LogP contribution in [0.2, 0.25) is 5.02 Å². The normalized spacial score (nSPS) is 16.8. The fourth-order valence-electron chi connectivity index (χ4n) is 3.52. The monoisotopic (exact) mass is 491 g/mol. The molecule has 1 atom stereocenters. The summed E-state index contributed by atoms with van der Waals surface area (Å²) in [6.07, 6.45) is 0.351. The summed E-state index contributed by atoms with van der Waals surface area (Å²) in [7, 11) is 0. The Labute approximate surface area is 205 Å². The fourth-order valence-corrected chi connectivity index (χ4v) is 5.04. The molecule has 5 nitrogen and oxygen atoms in total. The van der Waals surface area contributed by atoms with Crippen LogP contribution in [-0.4, -0.2) is 17.1 Å². The summed E-state index contributed by atoms with van der Waals surface area (Å²) < 4.78 is 13.5. The molecule has 0 saturated carbocycles. The van der Waals surface area contributed by atoms with Crippen molar-refractivity contribution in [3.63, 3.8) is 0 Å². The van der Waals surface area contributed by atoms with Crippen LogP contribution in [0.15, 0.2) is 83.4 Å². The molecule has 0 radical (unpaired) electrons. The number of nitriles is 1. The third-order valence-electron chi connectivity index (χ3n) is 5.21. The van der Waals surface area contributed by atoms with E-state index in [0.29, 0.717) is 22.8 Å². The summed E-state index contributed by atoms with van der Waals surface area (Å²) >= 11 is 7.23. The molecule has 1 aliphatic rings. The zero-order valence-electron chi connectivity index (χ0n) is 18.1. The van der Waals surface area contributed by atoms with Crippen molar-refractivity contribution in [3.8, 4) is 6.07 Å². The van der Waals surface area contributed by atoms with Gasteiger partial charge in [-0.3, -0.25) is 14.5 Å². The summed E-state index contributed by atoms with van der Waals surface area (Å²) in [5.74, 6) is -1.39. The molecule has 170 valence electrons. The molecule has 1 heterocycles. The summed E-state index contributed by atoms with van der Waals surface area (Å²) in [6, 6.07) is 21.6. The van der Waals surface area contributed by atoms with E-state index < -0.39 is 17.0 Å². The van der Waals surface area contributed by atoms with Crippen LogP contribution in [-0.2, 0) is 16.0 Å². The Morgan fingerprint density at radius 3 is 2.50 bits per heavy atom. The van der Waals surface area contributed by atoms with Gasteiger partial charge >= 0.3 is 0 Å². The largest absolute Gasteiger partial charge is 0.321 e. The maximum Gasteiger partial charge on any atom is 0.269 e. The van der Waals surface area contributed by atoms with Crippen molar-refractivity contribution in [3.05, 3.63) is 105 Å².